The van der Waals surface area contributed by atoms with E-state index in [2.05, 4.69) is 20.6 Å². The minimum absolute atomic E-state index is 0.132. The fraction of sp³-hybridized carbons (Fsp3) is 0.389. The number of benzene rings is 1. The number of nitrogens with one attached hydrogen (secondary N) is 1. The maximum Gasteiger partial charge on any atom is 0.345 e. The molecule has 1 aliphatic rings. The highest BCUT2D eigenvalue weighted by atomic mass is 16.5. The van der Waals surface area contributed by atoms with Crippen molar-refractivity contribution in [3.05, 3.63) is 52.0 Å². The van der Waals surface area contributed by atoms with Crippen molar-refractivity contribution in [1.82, 2.24) is 29.8 Å². The first-order valence-corrected chi connectivity index (χ1v) is 8.82. The van der Waals surface area contributed by atoms with E-state index in [-0.39, 0.29) is 24.1 Å². The van der Waals surface area contributed by atoms with Crippen LogP contribution in [0.25, 0.3) is 11.4 Å². The predicted octanol–water partition coefficient (Wildman–Crippen LogP) is 0.819. The fourth-order valence-corrected chi connectivity index (χ4v) is 3.32. The second kappa shape index (κ2) is 6.82. The van der Waals surface area contributed by atoms with Crippen LogP contribution in [0.4, 0.5) is 0 Å². The largest absolute Gasteiger partial charge is 0.347 e. The van der Waals surface area contributed by atoms with Crippen molar-refractivity contribution in [2.75, 3.05) is 0 Å². The molecule has 0 radical (unpaired) electrons. The summed E-state index contributed by atoms with van der Waals surface area (Å²) in [5.41, 5.74) is 1.76. The Hall–Kier alpha value is -3.23. The van der Waals surface area contributed by atoms with E-state index in [9.17, 15) is 9.59 Å². The van der Waals surface area contributed by atoms with Crippen LogP contribution in [0.5, 0.6) is 0 Å². The van der Waals surface area contributed by atoms with Crippen molar-refractivity contribution in [2.45, 2.75) is 32.9 Å². The zero-order chi connectivity index (χ0) is 19.0. The molecular weight excluding hydrogens is 348 g/mol. The van der Waals surface area contributed by atoms with Gasteiger partial charge in [-0.3, -0.25) is 9.36 Å². The van der Waals surface area contributed by atoms with E-state index in [0.29, 0.717) is 31.1 Å². The third-order valence-corrected chi connectivity index (χ3v) is 4.84. The van der Waals surface area contributed by atoms with Crippen LogP contribution in [-0.2, 0) is 31.4 Å². The zero-order valence-corrected chi connectivity index (χ0v) is 15.2. The number of nitrogens with zero attached hydrogens (tertiary/aromatic N) is 5. The van der Waals surface area contributed by atoms with Gasteiger partial charge in [0.15, 0.2) is 0 Å². The minimum Gasteiger partial charge on any atom is -0.347 e. The first kappa shape index (κ1) is 17.2. The van der Waals surface area contributed by atoms with E-state index < -0.39 is 0 Å². The van der Waals surface area contributed by atoms with Gasteiger partial charge >= 0.3 is 5.69 Å². The van der Waals surface area contributed by atoms with E-state index >= 15 is 0 Å². The minimum atomic E-state index is -0.279. The molecule has 9 heteroatoms. The van der Waals surface area contributed by atoms with Crippen LogP contribution in [0.2, 0.25) is 0 Å². The Balaban J connectivity index is 1.40. The van der Waals surface area contributed by atoms with Crippen LogP contribution in [-0.4, -0.2) is 30.4 Å². The number of fused-ring (bicyclic) bond motifs is 1. The molecule has 0 fully saturated rings. The Labute approximate surface area is 155 Å². The molecule has 0 saturated heterocycles. The molecule has 0 spiro atoms. The fourth-order valence-electron chi connectivity index (χ4n) is 3.32. The number of carbonyl (C=O) groups is 1. The average Bonchev–Trinajstić information content (AvgIpc) is 3.25. The van der Waals surface area contributed by atoms with E-state index in [1.54, 1.807) is 11.6 Å². The van der Waals surface area contributed by atoms with Crippen LogP contribution in [0.15, 0.2) is 33.6 Å². The van der Waals surface area contributed by atoms with Crippen LogP contribution in [0, 0.1) is 12.8 Å². The molecule has 3 aromatic rings. The number of hydrogen-bond acceptors (Lipinski definition) is 6. The standard InChI is InChI=1S/C18H20N6O3/c1-11-5-3-4-6-13(11)16-20-15(27-22-16)9-19-17(25)12-7-8-14-21-23(2)18(26)24(14)10-12/h3-6,12H,7-10H2,1-2H3,(H,19,25)/t12-/m0/s1. The lowest BCUT2D eigenvalue weighted by Crippen LogP contribution is -2.38. The van der Waals surface area contributed by atoms with Gasteiger partial charge in [-0.1, -0.05) is 29.4 Å². The Kier molecular flexibility index (Phi) is 4.35. The summed E-state index contributed by atoms with van der Waals surface area (Å²) >= 11 is 0. The zero-order valence-electron chi connectivity index (χ0n) is 15.2. The third kappa shape index (κ3) is 3.27. The van der Waals surface area contributed by atoms with Gasteiger partial charge < -0.3 is 9.84 Å². The smallest absolute Gasteiger partial charge is 0.345 e. The average molecular weight is 368 g/mol. The van der Waals surface area contributed by atoms with Crippen LogP contribution in [0.1, 0.15) is 23.7 Å². The Bertz CT molecular complexity index is 1050. The Morgan fingerprint density at radius 2 is 2.19 bits per heavy atom. The van der Waals surface area contributed by atoms with Crippen LogP contribution in [0.3, 0.4) is 0 Å². The molecule has 1 atom stereocenters. The molecule has 0 unspecified atom stereocenters. The maximum absolute atomic E-state index is 12.5. The second-order valence-electron chi connectivity index (χ2n) is 6.71. The summed E-state index contributed by atoms with van der Waals surface area (Å²) in [7, 11) is 1.62. The van der Waals surface area contributed by atoms with E-state index in [1.807, 2.05) is 31.2 Å². The molecule has 1 amide bonds. The molecule has 27 heavy (non-hydrogen) atoms. The number of aryl methyl sites for hydroxylation is 3. The van der Waals surface area contributed by atoms with Gasteiger partial charge in [-0.2, -0.15) is 10.1 Å². The molecule has 1 aliphatic heterocycles. The molecule has 140 valence electrons. The van der Waals surface area contributed by atoms with Crippen molar-refractivity contribution in [3.63, 3.8) is 0 Å². The number of aromatic nitrogens is 5. The number of rotatable bonds is 4. The molecule has 4 rings (SSSR count). The molecule has 0 bridgehead atoms. The molecule has 1 N–H and O–H groups in total. The molecule has 9 nitrogen and oxygen atoms in total. The summed E-state index contributed by atoms with van der Waals surface area (Å²) in [6, 6.07) is 7.76. The molecule has 0 aliphatic carbocycles. The SMILES string of the molecule is Cc1ccccc1-c1noc(CNC(=O)[C@H]2CCc3nn(C)c(=O)n3C2)n1. The highest BCUT2D eigenvalue weighted by Crippen LogP contribution is 2.20. The van der Waals surface area contributed by atoms with Gasteiger partial charge in [0.25, 0.3) is 0 Å². The lowest BCUT2D eigenvalue weighted by atomic mass is 9.98. The summed E-state index contributed by atoms with van der Waals surface area (Å²) < 4.78 is 8.12. The number of hydrogen-bond donors (Lipinski definition) is 1. The topological polar surface area (TPSA) is 108 Å². The van der Waals surface area contributed by atoms with Gasteiger partial charge in [-0.15, -0.1) is 0 Å². The number of amides is 1. The van der Waals surface area contributed by atoms with Gasteiger partial charge in [0.05, 0.1) is 12.5 Å². The van der Waals surface area contributed by atoms with E-state index in [0.717, 1.165) is 17.0 Å². The van der Waals surface area contributed by atoms with Crippen LogP contribution >= 0.6 is 0 Å². The van der Waals surface area contributed by atoms with Gasteiger partial charge in [-0.05, 0) is 18.9 Å². The maximum atomic E-state index is 12.5. The first-order valence-electron chi connectivity index (χ1n) is 8.82. The van der Waals surface area contributed by atoms with E-state index in [1.165, 1.54) is 4.68 Å². The lowest BCUT2D eigenvalue weighted by molar-refractivity contribution is -0.126. The summed E-state index contributed by atoms with van der Waals surface area (Å²) in [6.45, 7) is 2.47. The summed E-state index contributed by atoms with van der Waals surface area (Å²) in [5, 5.41) is 11.0. The second-order valence-corrected chi connectivity index (χ2v) is 6.71. The first-order chi connectivity index (χ1) is 13.0. The molecule has 0 saturated carbocycles. The molecule has 1 aromatic carbocycles. The number of carbonyl (C=O) groups excluding carboxylic acids is 1. The Morgan fingerprint density at radius 3 is 3.00 bits per heavy atom. The monoisotopic (exact) mass is 368 g/mol. The van der Waals surface area contributed by atoms with Gasteiger partial charge in [-0.25, -0.2) is 9.48 Å². The van der Waals surface area contributed by atoms with Crippen molar-refractivity contribution in [3.8, 4) is 11.4 Å². The van der Waals surface area contributed by atoms with Crippen molar-refractivity contribution in [1.29, 1.82) is 0 Å². The third-order valence-electron chi connectivity index (χ3n) is 4.84. The lowest BCUT2D eigenvalue weighted by Gasteiger charge is -2.21. The van der Waals surface area contributed by atoms with Crippen LogP contribution < -0.4 is 11.0 Å². The van der Waals surface area contributed by atoms with Gasteiger partial charge in [0.1, 0.15) is 5.82 Å². The van der Waals surface area contributed by atoms with Crippen molar-refractivity contribution < 1.29 is 9.32 Å². The highest BCUT2D eigenvalue weighted by Gasteiger charge is 2.27. The predicted molar refractivity (Wildman–Crippen MR) is 95.6 cm³/mol. The van der Waals surface area contributed by atoms with E-state index in [4.69, 9.17) is 4.52 Å². The van der Waals surface area contributed by atoms with Crippen molar-refractivity contribution in [2.24, 2.45) is 13.0 Å². The van der Waals surface area contributed by atoms with Crippen molar-refractivity contribution >= 4 is 5.91 Å². The summed E-state index contributed by atoms with van der Waals surface area (Å²) in [6.07, 6.45) is 1.26. The summed E-state index contributed by atoms with van der Waals surface area (Å²) in [4.78, 5) is 28.9. The highest BCUT2D eigenvalue weighted by molar-refractivity contribution is 5.78. The molecular formula is C18H20N6O3. The normalized spacial score (nSPS) is 16.1. The summed E-state index contributed by atoms with van der Waals surface area (Å²) in [5.74, 6) is 1.16. The molecule has 3 heterocycles. The van der Waals surface area contributed by atoms with Gasteiger partial charge in [0, 0.05) is 25.6 Å². The van der Waals surface area contributed by atoms with Gasteiger partial charge in [0.2, 0.25) is 17.6 Å². The molecule has 2 aromatic heterocycles. The quantitative estimate of drug-likeness (QED) is 0.730. The Morgan fingerprint density at radius 1 is 1.37 bits per heavy atom.